The zero-order chi connectivity index (χ0) is 19.2. The lowest BCUT2D eigenvalue weighted by Crippen LogP contribution is -2.46. The second-order valence-electron chi connectivity index (χ2n) is 6.16. The second kappa shape index (κ2) is 6.15. The molecule has 0 spiro atoms. The average Bonchev–Trinajstić information content (AvgIpc) is 2.91. The summed E-state index contributed by atoms with van der Waals surface area (Å²) in [5.41, 5.74) is 6.02. The summed E-state index contributed by atoms with van der Waals surface area (Å²) in [4.78, 5) is 24.9. The normalized spacial score (nSPS) is 22.5. The van der Waals surface area contributed by atoms with Crippen molar-refractivity contribution in [2.45, 2.75) is 24.8 Å². The number of nitrogens with two attached hydrogens (primary N) is 1. The van der Waals surface area contributed by atoms with E-state index in [2.05, 4.69) is 5.32 Å². The van der Waals surface area contributed by atoms with Gasteiger partial charge in [0.05, 0.1) is 17.3 Å². The van der Waals surface area contributed by atoms with Gasteiger partial charge in [0, 0.05) is 12.3 Å². The summed E-state index contributed by atoms with van der Waals surface area (Å²) in [6.45, 7) is 1.60. The number of hydrogen-bond donors (Lipinski definition) is 4. The number of primary amides is 1. The number of carbonyl (C=O) groups is 2. The number of allylic oxidation sites excluding steroid dienone is 1. The minimum absolute atomic E-state index is 0.0466. The van der Waals surface area contributed by atoms with E-state index in [-0.39, 0.29) is 23.4 Å². The van der Waals surface area contributed by atoms with Crippen LogP contribution in [-0.2, 0) is 14.9 Å². The third kappa shape index (κ3) is 3.04. The second-order valence-corrected chi connectivity index (χ2v) is 7.69. The van der Waals surface area contributed by atoms with Crippen LogP contribution >= 0.6 is 0 Å². The molecular weight excluding hydrogens is 362 g/mol. The molecule has 1 aromatic carbocycles. The van der Waals surface area contributed by atoms with Crippen molar-refractivity contribution in [3.8, 4) is 5.75 Å². The molecule has 0 bridgehead atoms. The third-order valence-electron chi connectivity index (χ3n) is 4.37. The predicted molar refractivity (Wildman–Crippen MR) is 92.8 cm³/mol. The lowest BCUT2D eigenvalue weighted by molar-refractivity contribution is -0.113. The van der Waals surface area contributed by atoms with E-state index in [0.717, 1.165) is 6.08 Å². The van der Waals surface area contributed by atoms with E-state index in [4.69, 9.17) is 5.73 Å². The van der Waals surface area contributed by atoms with Crippen LogP contribution in [0.4, 0.5) is 5.69 Å². The molecule has 0 aromatic heterocycles. The van der Waals surface area contributed by atoms with E-state index >= 15 is 0 Å². The highest BCUT2D eigenvalue weighted by Gasteiger charge is 2.45. The highest BCUT2D eigenvalue weighted by molar-refractivity contribution is 7.86. The van der Waals surface area contributed by atoms with E-state index in [1.54, 1.807) is 6.92 Å². The molecule has 2 aliphatic heterocycles. The SMILES string of the molecule is Cc1ccc2c(c1O)NC(S(=O)(=O)O)C1CC(/C=C/C(N)=O)=CN1C2=O. The molecule has 0 aliphatic carbocycles. The maximum Gasteiger partial charge on any atom is 0.288 e. The number of amides is 2. The highest BCUT2D eigenvalue weighted by Crippen LogP contribution is 2.39. The van der Waals surface area contributed by atoms with Gasteiger partial charge in [0.15, 0.2) is 5.37 Å². The molecule has 26 heavy (non-hydrogen) atoms. The van der Waals surface area contributed by atoms with Crippen molar-refractivity contribution in [3.05, 3.63) is 47.2 Å². The number of nitrogens with zero attached hydrogens (tertiary/aromatic N) is 1. The first kappa shape index (κ1) is 18.0. The van der Waals surface area contributed by atoms with E-state index in [1.165, 1.54) is 29.3 Å². The monoisotopic (exact) mass is 379 g/mol. The number of rotatable bonds is 3. The molecule has 2 amide bonds. The first-order chi connectivity index (χ1) is 12.1. The van der Waals surface area contributed by atoms with Crippen molar-refractivity contribution < 1.29 is 27.7 Å². The molecule has 5 N–H and O–H groups in total. The molecule has 0 saturated heterocycles. The van der Waals surface area contributed by atoms with E-state index < -0.39 is 33.3 Å². The summed E-state index contributed by atoms with van der Waals surface area (Å²) in [6.07, 6.45) is 3.96. The Morgan fingerprint density at radius 2 is 2.12 bits per heavy atom. The predicted octanol–water partition coefficient (Wildman–Crippen LogP) is 0.480. The summed E-state index contributed by atoms with van der Waals surface area (Å²) in [5, 5.41) is 11.3. The van der Waals surface area contributed by atoms with E-state index in [9.17, 15) is 27.7 Å². The van der Waals surface area contributed by atoms with Gasteiger partial charge in [-0.3, -0.25) is 14.1 Å². The molecule has 1 aromatic rings. The largest absolute Gasteiger partial charge is 0.505 e. The molecule has 138 valence electrons. The van der Waals surface area contributed by atoms with Crippen LogP contribution in [-0.4, -0.2) is 46.2 Å². The summed E-state index contributed by atoms with van der Waals surface area (Å²) in [7, 11) is -4.62. The Bertz CT molecular complexity index is 966. The smallest absolute Gasteiger partial charge is 0.288 e. The molecule has 3 rings (SSSR count). The van der Waals surface area contributed by atoms with Crippen LogP contribution in [0.1, 0.15) is 22.3 Å². The van der Waals surface area contributed by atoms with Crippen LogP contribution in [0.15, 0.2) is 36.1 Å². The molecule has 9 nitrogen and oxygen atoms in total. The Balaban J connectivity index is 2.14. The standard InChI is InChI=1S/C16H17N3O6S/c1-8-2-4-10-13(14(8)21)18-15(26(23,24)25)11-6-9(3-5-12(17)20)7-19(11)16(10)22/h2-5,7,11,15,18,21H,6H2,1H3,(H2,17,20)(H,23,24,25)/b5-3+. The number of phenolic OH excluding ortho intramolecular Hbond substituents is 1. The van der Waals surface area contributed by atoms with Crippen molar-refractivity contribution in [1.82, 2.24) is 4.90 Å². The molecule has 2 aliphatic rings. The van der Waals surface area contributed by atoms with Gasteiger partial charge in [-0.15, -0.1) is 0 Å². The number of nitrogens with one attached hydrogen (secondary N) is 1. The molecule has 2 unspecified atom stereocenters. The van der Waals surface area contributed by atoms with Gasteiger partial charge in [-0.25, -0.2) is 0 Å². The van der Waals surface area contributed by atoms with Gasteiger partial charge in [0.1, 0.15) is 5.75 Å². The summed E-state index contributed by atoms with van der Waals surface area (Å²) in [6, 6.07) is 2.04. The summed E-state index contributed by atoms with van der Waals surface area (Å²) < 4.78 is 33.5. The van der Waals surface area contributed by atoms with Crippen molar-refractivity contribution >= 4 is 27.6 Å². The maximum absolute atomic E-state index is 12.9. The Morgan fingerprint density at radius 1 is 1.42 bits per heavy atom. The minimum Gasteiger partial charge on any atom is -0.505 e. The molecular formula is C16H17N3O6S. The van der Waals surface area contributed by atoms with Gasteiger partial charge < -0.3 is 21.1 Å². The lowest BCUT2D eigenvalue weighted by atomic mass is 10.1. The van der Waals surface area contributed by atoms with Crippen molar-refractivity contribution in [3.63, 3.8) is 0 Å². The van der Waals surface area contributed by atoms with Crippen LogP contribution in [0.2, 0.25) is 0 Å². The van der Waals surface area contributed by atoms with Crippen LogP contribution in [0, 0.1) is 6.92 Å². The number of aromatic hydroxyl groups is 1. The number of benzene rings is 1. The molecule has 0 radical (unpaired) electrons. The average molecular weight is 379 g/mol. The number of carbonyl (C=O) groups excluding carboxylic acids is 2. The fourth-order valence-electron chi connectivity index (χ4n) is 3.10. The molecule has 2 atom stereocenters. The van der Waals surface area contributed by atoms with Crippen molar-refractivity contribution in [2.24, 2.45) is 5.73 Å². The highest BCUT2D eigenvalue weighted by atomic mass is 32.2. The topological polar surface area (TPSA) is 150 Å². The number of anilines is 1. The lowest BCUT2D eigenvalue weighted by Gasteiger charge is -2.26. The van der Waals surface area contributed by atoms with Crippen LogP contribution in [0.3, 0.4) is 0 Å². The zero-order valence-corrected chi connectivity index (χ0v) is 14.5. The van der Waals surface area contributed by atoms with Gasteiger partial charge >= 0.3 is 0 Å². The first-order valence-corrected chi connectivity index (χ1v) is 9.16. The fraction of sp³-hybridized carbons (Fsp3) is 0.250. The zero-order valence-electron chi connectivity index (χ0n) is 13.7. The van der Waals surface area contributed by atoms with Gasteiger partial charge in [-0.2, -0.15) is 8.42 Å². The molecule has 0 fully saturated rings. The molecule has 0 saturated carbocycles. The molecule has 10 heteroatoms. The Morgan fingerprint density at radius 3 is 2.73 bits per heavy atom. The fourth-order valence-corrected chi connectivity index (χ4v) is 3.99. The summed E-state index contributed by atoms with van der Waals surface area (Å²) in [5.74, 6) is -1.49. The first-order valence-electron chi connectivity index (χ1n) is 7.66. The minimum atomic E-state index is -4.62. The van der Waals surface area contributed by atoms with E-state index in [1.807, 2.05) is 0 Å². The number of aryl methyl sites for hydroxylation is 1. The number of phenols is 1. The van der Waals surface area contributed by atoms with Crippen LogP contribution in [0.5, 0.6) is 5.75 Å². The Hall–Kier alpha value is -2.85. The van der Waals surface area contributed by atoms with Gasteiger partial charge in [-0.05, 0) is 30.5 Å². The van der Waals surface area contributed by atoms with Crippen molar-refractivity contribution in [2.75, 3.05) is 5.32 Å². The Kier molecular flexibility index (Phi) is 4.24. The maximum atomic E-state index is 12.9. The van der Waals surface area contributed by atoms with Gasteiger partial charge in [0.25, 0.3) is 16.0 Å². The van der Waals surface area contributed by atoms with Crippen molar-refractivity contribution in [1.29, 1.82) is 0 Å². The number of hydrogen-bond acceptors (Lipinski definition) is 6. The third-order valence-corrected chi connectivity index (χ3v) is 5.44. The van der Waals surface area contributed by atoms with Crippen LogP contribution < -0.4 is 11.1 Å². The van der Waals surface area contributed by atoms with Gasteiger partial charge in [0.2, 0.25) is 5.91 Å². The van der Waals surface area contributed by atoms with Gasteiger partial charge in [-0.1, -0.05) is 12.1 Å². The number of fused-ring (bicyclic) bond motifs is 2. The van der Waals surface area contributed by atoms with E-state index in [0.29, 0.717) is 11.1 Å². The Labute approximate surface area is 149 Å². The van der Waals surface area contributed by atoms with Crippen LogP contribution in [0.25, 0.3) is 0 Å². The quantitative estimate of drug-likeness (QED) is 0.339. The molecule has 2 heterocycles. The summed E-state index contributed by atoms with van der Waals surface area (Å²) >= 11 is 0.